The second kappa shape index (κ2) is 9.86. The number of benzene rings is 2. The lowest BCUT2D eigenvalue weighted by Crippen LogP contribution is -2.27. The molecule has 11 nitrogen and oxygen atoms in total. The number of oxime groups is 1. The minimum Gasteiger partial charge on any atom is -0.479 e. The quantitative estimate of drug-likeness (QED) is 0.454. The number of aryl methyl sites for hydroxylation is 1. The van der Waals surface area contributed by atoms with E-state index < -0.39 is 10.0 Å². The van der Waals surface area contributed by atoms with Crippen molar-refractivity contribution < 1.29 is 27.3 Å². The number of carbonyl (C=O) groups excluding carboxylic acids is 1. The normalized spacial score (nSPS) is 16.5. The molecule has 0 saturated heterocycles. The highest BCUT2D eigenvalue weighted by Crippen LogP contribution is 2.40. The third-order valence-corrected chi connectivity index (χ3v) is 8.71. The molecule has 0 bridgehead atoms. The van der Waals surface area contributed by atoms with Gasteiger partial charge in [-0.3, -0.25) is 4.79 Å². The second-order valence-corrected chi connectivity index (χ2v) is 11.6. The van der Waals surface area contributed by atoms with Gasteiger partial charge >= 0.3 is 0 Å². The highest BCUT2D eigenvalue weighted by atomic mass is 32.2. The average molecular weight is 540 g/mol. The van der Waals surface area contributed by atoms with Gasteiger partial charge in [0.1, 0.15) is 5.76 Å². The predicted octanol–water partition coefficient (Wildman–Crippen LogP) is 2.77. The minimum atomic E-state index is -3.55. The fraction of sp³-hybridized carbons (Fsp3) is 0.346. The number of hydrogen-bond acceptors (Lipinski definition) is 9. The summed E-state index contributed by atoms with van der Waals surface area (Å²) < 4.78 is 36.6. The minimum absolute atomic E-state index is 0.0208. The second-order valence-electron chi connectivity index (χ2n) is 9.50. The van der Waals surface area contributed by atoms with Gasteiger partial charge in [-0.1, -0.05) is 17.3 Å². The summed E-state index contributed by atoms with van der Waals surface area (Å²) in [6.45, 7) is 3.28. The summed E-state index contributed by atoms with van der Waals surface area (Å²) in [5.41, 5.74) is 6.07. The molecule has 0 radical (unpaired) electrons. The molecule has 0 saturated carbocycles. The van der Waals surface area contributed by atoms with Crippen LogP contribution in [-0.2, 0) is 39.2 Å². The van der Waals surface area contributed by atoms with Crippen LogP contribution in [0, 0.1) is 6.92 Å². The molecule has 1 N–H and O–H groups in total. The Kier molecular flexibility index (Phi) is 6.72. The lowest BCUT2D eigenvalue weighted by Gasteiger charge is -2.29. The van der Waals surface area contributed by atoms with Gasteiger partial charge < -0.3 is 24.3 Å². The summed E-state index contributed by atoms with van der Waals surface area (Å²) in [7, 11) is 2.98. The van der Waals surface area contributed by atoms with Crippen LogP contribution in [0.25, 0.3) is 11.1 Å². The van der Waals surface area contributed by atoms with Crippen LogP contribution in [0.2, 0.25) is 0 Å². The molecule has 3 aromatic rings. The monoisotopic (exact) mass is 539 g/mol. The smallest absolute Gasteiger partial charge is 0.278 e. The maximum atomic E-state index is 13.0. The van der Waals surface area contributed by atoms with Crippen LogP contribution in [0.15, 0.2) is 44.9 Å². The van der Waals surface area contributed by atoms with Gasteiger partial charge in [-0.05, 0) is 66.0 Å². The number of rotatable bonds is 7. The van der Waals surface area contributed by atoms with Gasteiger partial charge in [0.15, 0.2) is 12.3 Å². The van der Waals surface area contributed by atoms with Crippen LogP contribution in [0.3, 0.4) is 0 Å². The zero-order valence-corrected chi connectivity index (χ0v) is 22.7. The number of carbonyl (C=O) groups is 1. The van der Waals surface area contributed by atoms with Gasteiger partial charge in [-0.25, -0.2) is 12.7 Å². The van der Waals surface area contributed by atoms with Crippen molar-refractivity contribution in [1.29, 1.82) is 0 Å². The van der Waals surface area contributed by atoms with Crippen LogP contribution in [0.4, 0.5) is 5.69 Å². The molecule has 0 unspecified atom stereocenters. The highest BCUT2D eigenvalue weighted by Gasteiger charge is 2.34. The molecule has 38 heavy (non-hydrogen) atoms. The van der Waals surface area contributed by atoms with Crippen molar-refractivity contribution in [2.75, 3.05) is 40.1 Å². The molecule has 0 atom stereocenters. The van der Waals surface area contributed by atoms with E-state index >= 15 is 0 Å². The number of likely N-dealkylation sites (N-methyl/N-ethyl adjacent to an activating group) is 1. The van der Waals surface area contributed by atoms with E-state index in [1.54, 1.807) is 31.2 Å². The van der Waals surface area contributed by atoms with Gasteiger partial charge in [0.25, 0.3) is 11.8 Å². The molecule has 200 valence electrons. The van der Waals surface area contributed by atoms with E-state index in [0.717, 1.165) is 40.9 Å². The van der Waals surface area contributed by atoms with Crippen LogP contribution in [0.5, 0.6) is 5.88 Å². The number of aromatic nitrogens is 1. The number of ether oxygens (including phenoxy) is 1. The number of hydrogen-bond donors (Lipinski definition) is 1. The van der Waals surface area contributed by atoms with E-state index in [4.69, 9.17) is 14.1 Å². The maximum absolute atomic E-state index is 13.0. The molecule has 2 aromatic carbocycles. The third-order valence-electron chi connectivity index (χ3n) is 6.88. The fourth-order valence-corrected chi connectivity index (χ4v) is 5.64. The van der Waals surface area contributed by atoms with E-state index in [0.29, 0.717) is 29.3 Å². The summed E-state index contributed by atoms with van der Waals surface area (Å²) in [5.74, 6) is 0.490. The molecular weight excluding hydrogens is 510 g/mol. The first-order chi connectivity index (χ1) is 18.1. The van der Waals surface area contributed by atoms with Gasteiger partial charge in [0.05, 0.1) is 23.3 Å². The zero-order valence-electron chi connectivity index (χ0n) is 21.9. The van der Waals surface area contributed by atoms with Crippen molar-refractivity contribution >= 4 is 27.3 Å². The first-order valence-electron chi connectivity index (χ1n) is 12.0. The summed E-state index contributed by atoms with van der Waals surface area (Å²) in [4.78, 5) is 21.0. The van der Waals surface area contributed by atoms with Crippen molar-refractivity contribution in [2.24, 2.45) is 5.16 Å². The van der Waals surface area contributed by atoms with Crippen LogP contribution in [-0.4, -0.2) is 69.2 Å². The van der Waals surface area contributed by atoms with Crippen LogP contribution < -0.4 is 10.1 Å². The Labute approximate surface area is 221 Å². The third kappa shape index (κ3) is 4.44. The molecule has 12 heteroatoms. The summed E-state index contributed by atoms with van der Waals surface area (Å²) in [5, 5.41) is 11.0. The molecular formula is C26H29N5O6S. The highest BCUT2D eigenvalue weighted by molar-refractivity contribution is 7.89. The van der Waals surface area contributed by atoms with Gasteiger partial charge in [-0.2, -0.15) is 0 Å². The Balaban J connectivity index is 1.55. The zero-order chi connectivity index (χ0) is 27.2. The Hall–Kier alpha value is -3.74. The number of amides is 1. The molecule has 2 aliphatic rings. The molecule has 0 spiro atoms. The van der Waals surface area contributed by atoms with E-state index in [1.165, 1.54) is 25.5 Å². The summed E-state index contributed by atoms with van der Waals surface area (Å²) in [6.07, 6.45) is 0.789. The maximum Gasteiger partial charge on any atom is 0.278 e. The van der Waals surface area contributed by atoms with E-state index in [-0.39, 0.29) is 23.1 Å². The van der Waals surface area contributed by atoms with Gasteiger partial charge in [0.2, 0.25) is 10.0 Å². The van der Waals surface area contributed by atoms with E-state index in [2.05, 4.69) is 20.5 Å². The SMILES string of the molecule is COc1noc(C)c1CON=C1C(=O)Nc2c1cc(-c1ccc(S(=O)(=O)N(C)C)cc1)c1c2CN(C)CC1. The number of sulfonamides is 1. The lowest BCUT2D eigenvalue weighted by atomic mass is 9.87. The Morgan fingerprint density at radius 1 is 1.18 bits per heavy atom. The summed E-state index contributed by atoms with van der Waals surface area (Å²) in [6, 6.07) is 8.75. The first kappa shape index (κ1) is 25.9. The molecule has 3 heterocycles. The van der Waals surface area contributed by atoms with Gasteiger partial charge in [0, 0.05) is 32.7 Å². The first-order valence-corrected chi connectivity index (χ1v) is 13.5. The Morgan fingerprint density at radius 3 is 2.61 bits per heavy atom. The Bertz CT molecular complexity index is 1540. The lowest BCUT2D eigenvalue weighted by molar-refractivity contribution is -0.110. The number of fused-ring (bicyclic) bond motifs is 3. The van der Waals surface area contributed by atoms with Crippen molar-refractivity contribution in [3.05, 3.63) is 58.3 Å². The van der Waals surface area contributed by atoms with Crippen LogP contribution >= 0.6 is 0 Å². The standard InChI is InChI=1S/C26H29N5O6S/c1-15-22(26(35-5)29-37-15)14-36-28-24-20-12-19(16-6-8-17(9-7-16)38(33,34)30(2)3)18-10-11-31(4)13-21(18)23(20)27-25(24)32/h6-9,12H,10-11,13-14H2,1-5H3,(H,27,28,32). The molecule has 0 fully saturated rings. The molecule has 1 aromatic heterocycles. The molecule has 0 aliphatic carbocycles. The number of nitrogens with one attached hydrogen (secondary N) is 1. The van der Waals surface area contributed by atoms with Crippen molar-refractivity contribution in [2.45, 2.75) is 31.4 Å². The predicted molar refractivity (Wildman–Crippen MR) is 141 cm³/mol. The number of nitrogens with zero attached hydrogens (tertiary/aromatic N) is 4. The molecule has 5 rings (SSSR count). The average Bonchev–Trinajstić information content (AvgIpc) is 3.42. The number of methoxy groups -OCH3 is 1. The Morgan fingerprint density at radius 2 is 1.92 bits per heavy atom. The van der Waals surface area contributed by atoms with Gasteiger partial charge in [-0.15, -0.1) is 0 Å². The number of anilines is 1. The topological polar surface area (TPSA) is 127 Å². The molecule has 1 amide bonds. The largest absolute Gasteiger partial charge is 0.479 e. The van der Waals surface area contributed by atoms with Crippen LogP contribution in [0.1, 0.15) is 28.0 Å². The molecule has 2 aliphatic heterocycles. The van der Waals surface area contributed by atoms with E-state index in [1.807, 2.05) is 13.1 Å². The summed E-state index contributed by atoms with van der Waals surface area (Å²) >= 11 is 0. The fourth-order valence-electron chi connectivity index (χ4n) is 4.74. The van der Waals surface area contributed by atoms with Crippen molar-refractivity contribution in [1.82, 2.24) is 14.4 Å². The van der Waals surface area contributed by atoms with Crippen molar-refractivity contribution in [3.8, 4) is 17.0 Å². The van der Waals surface area contributed by atoms with Crippen molar-refractivity contribution in [3.63, 3.8) is 0 Å². The van der Waals surface area contributed by atoms with E-state index in [9.17, 15) is 13.2 Å².